The van der Waals surface area contributed by atoms with Crippen LogP contribution in [0.2, 0.25) is 0 Å². The predicted octanol–water partition coefficient (Wildman–Crippen LogP) is 3.38. The number of nitrogens with zero attached hydrogens (tertiary/aromatic N) is 1. The van der Waals surface area contributed by atoms with Crippen LogP contribution in [-0.4, -0.2) is 29.0 Å². The summed E-state index contributed by atoms with van der Waals surface area (Å²) in [6, 6.07) is 7.74. The number of rotatable bonds is 4. The first-order chi connectivity index (χ1) is 11.5. The van der Waals surface area contributed by atoms with E-state index in [0.29, 0.717) is 16.8 Å². The zero-order valence-electron chi connectivity index (χ0n) is 13.5. The molecule has 0 spiro atoms. The van der Waals surface area contributed by atoms with E-state index in [4.69, 9.17) is 9.47 Å². The summed E-state index contributed by atoms with van der Waals surface area (Å²) in [5.74, 6) is -1.00. The summed E-state index contributed by atoms with van der Waals surface area (Å²) in [5, 5.41) is 0.721. The number of carbonyl (C=O) groups excluding carboxylic acids is 2. The lowest BCUT2D eigenvalue weighted by Gasteiger charge is -2.02. The highest BCUT2D eigenvalue weighted by Crippen LogP contribution is 2.23. The number of nitrogens with one attached hydrogen (secondary N) is 1. The van der Waals surface area contributed by atoms with Gasteiger partial charge in [-0.1, -0.05) is 12.1 Å². The molecule has 0 aliphatic rings. The van der Waals surface area contributed by atoms with Crippen LogP contribution in [0.5, 0.6) is 0 Å². The van der Waals surface area contributed by atoms with Crippen molar-refractivity contribution < 1.29 is 19.1 Å². The lowest BCUT2D eigenvalue weighted by molar-refractivity contribution is 0.0465. The van der Waals surface area contributed by atoms with Gasteiger partial charge < -0.3 is 14.5 Å². The molecule has 0 bridgehead atoms. The fourth-order valence-electron chi connectivity index (χ4n) is 2.54. The van der Waals surface area contributed by atoms with Gasteiger partial charge in [0.1, 0.15) is 17.3 Å². The maximum absolute atomic E-state index is 12.3. The highest BCUT2D eigenvalue weighted by molar-refractivity contribution is 7.18. The van der Waals surface area contributed by atoms with Crippen molar-refractivity contribution in [3.63, 3.8) is 0 Å². The second-order valence-corrected chi connectivity index (χ2v) is 6.38. The van der Waals surface area contributed by atoms with Gasteiger partial charge in [0.15, 0.2) is 0 Å². The third-order valence-electron chi connectivity index (χ3n) is 3.70. The number of aryl methyl sites for hydroxylation is 1. The van der Waals surface area contributed by atoms with Crippen molar-refractivity contribution in [3.05, 3.63) is 51.8 Å². The molecule has 3 rings (SSSR count). The minimum Gasteiger partial charge on any atom is -0.465 e. The number of H-pyrrole nitrogens is 1. The maximum Gasteiger partial charge on any atom is 0.355 e. The Morgan fingerprint density at radius 3 is 2.67 bits per heavy atom. The van der Waals surface area contributed by atoms with Gasteiger partial charge in [0.05, 0.1) is 22.9 Å². The molecule has 24 heavy (non-hydrogen) atoms. The lowest BCUT2D eigenvalue weighted by Crippen LogP contribution is -2.08. The predicted molar refractivity (Wildman–Crippen MR) is 90.3 cm³/mol. The number of methoxy groups -OCH3 is 1. The van der Waals surface area contributed by atoms with E-state index in [-0.39, 0.29) is 12.3 Å². The van der Waals surface area contributed by atoms with Crippen molar-refractivity contribution in [2.45, 2.75) is 20.5 Å². The summed E-state index contributed by atoms with van der Waals surface area (Å²) < 4.78 is 11.1. The molecule has 0 unspecified atom stereocenters. The molecule has 124 valence electrons. The molecule has 2 heterocycles. The van der Waals surface area contributed by atoms with Crippen LogP contribution in [0, 0.1) is 13.8 Å². The number of fused-ring (bicyclic) bond motifs is 1. The second kappa shape index (κ2) is 6.45. The molecule has 0 saturated carbocycles. The molecular formula is C17H16N2O4S. The van der Waals surface area contributed by atoms with Crippen molar-refractivity contribution in [3.8, 4) is 0 Å². The highest BCUT2D eigenvalue weighted by atomic mass is 32.1. The van der Waals surface area contributed by atoms with Crippen molar-refractivity contribution >= 4 is 33.5 Å². The summed E-state index contributed by atoms with van der Waals surface area (Å²) in [6.45, 7) is 3.48. The van der Waals surface area contributed by atoms with Gasteiger partial charge in [-0.25, -0.2) is 14.6 Å². The van der Waals surface area contributed by atoms with Gasteiger partial charge in [-0.15, -0.1) is 11.3 Å². The molecule has 0 fully saturated rings. The van der Waals surface area contributed by atoms with Gasteiger partial charge in [-0.3, -0.25) is 0 Å². The SMILES string of the molecule is COC(=O)c1c(C)[nH]c(C(=O)OCc2nc3ccccc3s2)c1C. The number of esters is 2. The Morgan fingerprint density at radius 2 is 1.96 bits per heavy atom. The first-order valence-electron chi connectivity index (χ1n) is 7.30. The number of ether oxygens (including phenoxy) is 2. The Hall–Kier alpha value is -2.67. The van der Waals surface area contributed by atoms with Crippen LogP contribution in [0.3, 0.4) is 0 Å². The van der Waals surface area contributed by atoms with Crippen LogP contribution < -0.4 is 0 Å². The number of carbonyl (C=O) groups is 2. The fourth-order valence-corrected chi connectivity index (χ4v) is 3.42. The summed E-state index contributed by atoms with van der Waals surface area (Å²) in [6.07, 6.45) is 0. The molecule has 1 aromatic carbocycles. The molecule has 2 aromatic heterocycles. The first-order valence-corrected chi connectivity index (χ1v) is 8.12. The summed E-state index contributed by atoms with van der Waals surface area (Å²) >= 11 is 1.48. The summed E-state index contributed by atoms with van der Waals surface area (Å²) in [7, 11) is 1.30. The number of para-hydroxylation sites is 1. The van der Waals surface area contributed by atoms with E-state index in [9.17, 15) is 9.59 Å². The van der Waals surface area contributed by atoms with E-state index < -0.39 is 11.9 Å². The molecule has 0 radical (unpaired) electrons. The molecule has 0 aliphatic carbocycles. The number of aromatic amines is 1. The average Bonchev–Trinajstić information content (AvgIpc) is 3.12. The quantitative estimate of drug-likeness (QED) is 0.734. The largest absolute Gasteiger partial charge is 0.465 e. The molecule has 0 saturated heterocycles. The first kappa shape index (κ1) is 16.2. The Bertz CT molecular complexity index is 893. The minimum atomic E-state index is -0.523. The topological polar surface area (TPSA) is 81.3 Å². The third-order valence-corrected chi connectivity index (χ3v) is 4.71. The van der Waals surface area contributed by atoms with Gasteiger partial charge in [0, 0.05) is 5.69 Å². The normalized spacial score (nSPS) is 10.8. The highest BCUT2D eigenvalue weighted by Gasteiger charge is 2.23. The van der Waals surface area contributed by atoms with Crippen LogP contribution in [0.1, 0.15) is 37.1 Å². The Morgan fingerprint density at radius 1 is 1.21 bits per heavy atom. The van der Waals surface area contributed by atoms with Gasteiger partial charge >= 0.3 is 11.9 Å². The summed E-state index contributed by atoms with van der Waals surface area (Å²) in [4.78, 5) is 31.4. The number of aromatic nitrogens is 2. The van der Waals surface area contributed by atoms with Crippen LogP contribution in [0.4, 0.5) is 0 Å². The molecule has 1 N–H and O–H groups in total. The van der Waals surface area contributed by atoms with Crippen LogP contribution in [-0.2, 0) is 16.1 Å². The number of benzene rings is 1. The molecule has 7 heteroatoms. The van der Waals surface area contributed by atoms with Crippen molar-refractivity contribution in [1.29, 1.82) is 0 Å². The summed E-state index contributed by atoms with van der Waals surface area (Å²) in [5.41, 5.74) is 2.60. The van der Waals surface area contributed by atoms with Gasteiger partial charge in [-0.2, -0.15) is 0 Å². The van der Waals surface area contributed by atoms with Gasteiger partial charge in [0.25, 0.3) is 0 Å². The molecule has 3 aromatic rings. The van der Waals surface area contributed by atoms with Gasteiger partial charge in [0.2, 0.25) is 0 Å². The van der Waals surface area contributed by atoms with Crippen LogP contribution in [0.15, 0.2) is 24.3 Å². The number of hydrogen-bond acceptors (Lipinski definition) is 6. The van der Waals surface area contributed by atoms with E-state index in [1.54, 1.807) is 13.8 Å². The second-order valence-electron chi connectivity index (χ2n) is 5.27. The number of hydrogen-bond donors (Lipinski definition) is 1. The third kappa shape index (κ3) is 2.90. The van der Waals surface area contributed by atoms with E-state index in [1.165, 1.54) is 18.4 Å². The molecule has 0 amide bonds. The minimum absolute atomic E-state index is 0.0866. The lowest BCUT2D eigenvalue weighted by atomic mass is 10.1. The van der Waals surface area contributed by atoms with Crippen LogP contribution in [0.25, 0.3) is 10.2 Å². The standard InChI is InChI=1S/C17H16N2O4S/c1-9-14(16(20)22-3)10(2)18-15(9)17(21)23-8-13-19-11-6-4-5-7-12(11)24-13/h4-7,18H,8H2,1-3H3. The van der Waals surface area contributed by atoms with Crippen molar-refractivity contribution in [2.24, 2.45) is 0 Å². The number of thiazole rings is 1. The van der Waals surface area contributed by atoms with Crippen molar-refractivity contribution in [2.75, 3.05) is 7.11 Å². The Kier molecular flexibility index (Phi) is 4.35. The van der Waals surface area contributed by atoms with Gasteiger partial charge in [-0.05, 0) is 31.5 Å². The monoisotopic (exact) mass is 344 g/mol. The Balaban J connectivity index is 1.76. The van der Waals surface area contributed by atoms with E-state index >= 15 is 0 Å². The van der Waals surface area contributed by atoms with Crippen molar-refractivity contribution in [1.82, 2.24) is 9.97 Å². The van der Waals surface area contributed by atoms with Crippen LogP contribution >= 0.6 is 11.3 Å². The van der Waals surface area contributed by atoms with E-state index in [2.05, 4.69) is 9.97 Å². The zero-order chi connectivity index (χ0) is 17.3. The Labute approximate surface area is 142 Å². The smallest absolute Gasteiger partial charge is 0.355 e. The molecule has 0 atom stereocenters. The van der Waals surface area contributed by atoms with E-state index in [1.807, 2.05) is 24.3 Å². The maximum atomic E-state index is 12.3. The average molecular weight is 344 g/mol. The van der Waals surface area contributed by atoms with E-state index in [0.717, 1.165) is 15.2 Å². The fraction of sp³-hybridized carbons (Fsp3) is 0.235. The molecular weight excluding hydrogens is 328 g/mol. The molecule has 6 nitrogen and oxygen atoms in total. The molecule has 0 aliphatic heterocycles. The zero-order valence-corrected chi connectivity index (χ0v) is 14.3.